The maximum Gasteiger partial charge on any atom is 0.375 e. The normalized spacial score (nSPS) is 17.7. The van der Waals surface area contributed by atoms with E-state index < -0.39 is 23.1 Å². The van der Waals surface area contributed by atoms with Crippen LogP contribution in [0, 0.1) is 11.3 Å². The Morgan fingerprint density at radius 1 is 1.11 bits per heavy atom. The highest BCUT2D eigenvalue weighted by atomic mass is 16.5. The maximum absolute atomic E-state index is 12.1. The maximum atomic E-state index is 12.1. The third-order valence-corrected chi connectivity index (χ3v) is 3.08. The summed E-state index contributed by atoms with van der Waals surface area (Å²) in [6, 6.07) is 0. The predicted octanol–water partition coefficient (Wildman–Crippen LogP) is 1.49. The predicted molar refractivity (Wildman–Crippen MR) is 63.7 cm³/mol. The zero-order valence-corrected chi connectivity index (χ0v) is 11.2. The van der Waals surface area contributed by atoms with E-state index in [1.165, 1.54) is 6.92 Å². The molecular weight excluding hydrogens is 236 g/mol. The molecule has 0 bridgehead atoms. The molecule has 0 radical (unpaired) electrons. The minimum absolute atomic E-state index is 0.118. The smallest absolute Gasteiger partial charge is 0.375 e. The van der Waals surface area contributed by atoms with Crippen LogP contribution in [0.1, 0.15) is 40.0 Å². The number of carbonyl (C=O) groups excluding carboxylic acids is 3. The van der Waals surface area contributed by atoms with Gasteiger partial charge in [0.05, 0.1) is 13.2 Å². The first-order valence-electron chi connectivity index (χ1n) is 6.34. The van der Waals surface area contributed by atoms with Gasteiger partial charge >= 0.3 is 11.9 Å². The van der Waals surface area contributed by atoms with Gasteiger partial charge in [0.1, 0.15) is 5.41 Å². The van der Waals surface area contributed by atoms with Gasteiger partial charge in [-0.2, -0.15) is 0 Å². The van der Waals surface area contributed by atoms with Gasteiger partial charge in [-0.15, -0.1) is 0 Å². The van der Waals surface area contributed by atoms with Crippen LogP contribution >= 0.6 is 0 Å². The Labute approximate surface area is 107 Å². The third kappa shape index (κ3) is 3.31. The summed E-state index contributed by atoms with van der Waals surface area (Å²) in [6.45, 7) is 5.07. The molecule has 0 heterocycles. The molecular formula is C13H20O5. The SMILES string of the molecule is CCOC(=O)C(=O)C(C)(CC1CC1)C(=O)OCC. The van der Waals surface area contributed by atoms with Crippen molar-refractivity contribution in [1.82, 2.24) is 0 Å². The molecule has 102 valence electrons. The van der Waals surface area contributed by atoms with Crippen molar-refractivity contribution in [2.45, 2.75) is 40.0 Å². The van der Waals surface area contributed by atoms with E-state index in [-0.39, 0.29) is 13.2 Å². The van der Waals surface area contributed by atoms with Crippen LogP contribution in [0.3, 0.4) is 0 Å². The van der Waals surface area contributed by atoms with Crippen LogP contribution in [-0.4, -0.2) is 30.9 Å². The minimum atomic E-state index is -1.40. The molecule has 1 aliphatic rings. The first kappa shape index (κ1) is 14.7. The molecule has 1 aliphatic carbocycles. The molecule has 1 rings (SSSR count). The van der Waals surface area contributed by atoms with E-state index in [1.54, 1.807) is 13.8 Å². The van der Waals surface area contributed by atoms with E-state index in [1.807, 2.05) is 0 Å². The van der Waals surface area contributed by atoms with E-state index in [2.05, 4.69) is 4.74 Å². The van der Waals surface area contributed by atoms with Gasteiger partial charge in [-0.1, -0.05) is 12.8 Å². The second kappa shape index (κ2) is 5.98. The van der Waals surface area contributed by atoms with Crippen LogP contribution in [-0.2, 0) is 23.9 Å². The van der Waals surface area contributed by atoms with Crippen LogP contribution in [0.5, 0.6) is 0 Å². The Morgan fingerprint density at radius 3 is 2.11 bits per heavy atom. The summed E-state index contributed by atoms with van der Waals surface area (Å²) in [4.78, 5) is 35.5. The summed E-state index contributed by atoms with van der Waals surface area (Å²) in [7, 11) is 0. The van der Waals surface area contributed by atoms with Crippen molar-refractivity contribution in [2.75, 3.05) is 13.2 Å². The van der Waals surface area contributed by atoms with Gasteiger partial charge in [-0.25, -0.2) is 4.79 Å². The zero-order chi connectivity index (χ0) is 13.8. The quantitative estimate of drug-likeness (QED) is 0.392. The molecule has 1 atom stereocenters. The van der Waals surface area contributed by atoms with E-state index >= 15 is 0 Å². The summed E-state index contributed by atoms with van der Waals surface area (Å²) < 4.78 is 9.60. The van der Waals surface area contributed by atoms with Gasteiger partial charge in [0.2, 0.25) is 0 Å². The fourth-order valence-corrected chi connectivity index (χ4v) is 1.88. The molecule has 18 heavy (non-hydrogen) atoms. The molecule has 0 saturated heterocycles. The average Bonchev–Trinajstić information content (AvgIpc) is 3.12. The van der Waals surface area contributed by atoms with Gasteiger partial charge in [-0.3, -0.25) is 9.59 Å². The first-order valence-corrected chi connectivity index (χ1v) is 6.34. The van der Waals surface area contributed by atoms with Gasteiger partial charge in [0, 0.05) is 0 Å². The van der Waals surface area contributed by atoms with Crippen LogP contribution in [0.2, 0.25) is 0 Å². The highest BCUT2D eigenvalue weighted by Crippen LogP contribution is 2.41. The van der Waals surface area contributed by atoms with Crippen molar-refractivity contribution in [1.29, 1.82) is 0 Å². The van der Waals surface area contributed by atoms with Crippen molar-refractivity contribution in [3.05, 3.63) is 0 Å². The Kier molecular flexibility index (Phi) is 4.87. The topological polar surface area (TPSA) is 69.7 Å². The Morgan fingerprint density at radius 2 is 1.67 bits per heavy atom. The molecule has 0 aromatic heterocycles. The molecule has 0 spiro atoms. The van der Waals surface area contributed by atoms with E-state index in [9.17, 15) is 14.4 Å². The summed E-state index contributed by atoms with van der Waals surface area (Å²) in [5.74, 6) is -2.05. The van der Waals surface area contributed by atoms with Gasteiger partial charge < -0.3 is 9.47 Å². The molecule has 1 saturated carbocycles. The monoisotopic (exact) mass is 256 g/mol. The van der Waals surface area contributed by atoms with Crippen LogP contribution in [0.25, 0.3) is 0 Å². The van der Waals surface area contributed by atoms with Crippen LogP contribution < -0.4 is 0 Å². The average molecular weight is 256 g/mol. The molecule has 5 nitrogen and oxygen atoms in total. The van der Waals surface area contributed by atoms with Crippen molar-refractivity contribution in [3.63, 3.8) is 0 Å². The zero-order valence-electron chi connectivity index (χ0n) is 11.2. The lowest BCUT2D eigenvalue weighted by molar-refractivity contribution is -0.168. The van der Waals surface area contributed by atoms with E-state index in [0.717, 1.165) is 12.8 Å². The number of hydrogen-bond donors (Lipinski definition) is 0. The number of ketones is 1. The largest absolute Gasteiger partial charge is 0.465 e. The van der Waals surface area contributed by atoms with Gasteiger partial charge in [-0.05, 0) is 33.1 Å². The van der Waals surface area contributed by atoms with Crippen LogP contribution in [0.4, 0.5) is 0 Å². The lowest BCUT2D eigenvalue weighted by atomic mass is 9.80. The lowest BCUT2D eigenvalue weighted by Gasteiger charge is -2.24. The number of Topliss-reactive ketones (excluding diaryl/α,β-unsaturated/α-hetero) is 1. The summed E-state index contributed by atoms with van der Waals surface area (Å²) in [6.07, 6.45) is 2.35. The Hall–Kier alpha value is -1.39. The molecule has 1 fully saturated rings. The summed E-state index contributed by atoms with van der Waals surface area (Å²) in [5.41, 5.74) is -1.40. The lowest BCUT2D eigenvalue weighted by Crippen LogP contribution is -2.43. The first-order chi connectivity index (χ1) is 8.45. The fourth-order valence-electron chi connectivity index (χ4n) is 1.88. The standard InChI is InChI=1S/C13H20O5/c1-4-17-11(15)10(14)13(3,8-9-6-7-9)12(16)18-5-2/h9H,4-8H2,1-3H3. The van der Waals surface area contributed by atoms with E-state index in [0.29, 0.717) is 12.3 Å². The molecule has 0 aromatic carbocycles. The number of carbonyl (C=O) groups is 3. The summed E-state index contributed by atoms with van der Waals surface area (Å²) in [5, 5.41) is 0. The fraction of sp³-hybridized carbons (Fsp3) is 0.769. The third-order valence-electron chi connectivity index (χ3n) is 3.08. The molecule has 0 aliphatic heterocycles. The highest BCUT2D eigenvalue weighted by molar-refractivity contribution is 6.39. The van der Waals surface area contributed by atoms with Gasteiger partial charge in [0.25, 0.3) is 5.78 Å². The molecule has 1 unspecified atom stereocenters. The number of esters is 2. The highest BCUT2D eigenvalue weighted by Gasteiger charge is 2.49. The molecule has 0 aromatic rings. The van der Waals surface area contributed by atoms with Crippen molar-refractivity contribution in [3.8, 4) is 0 Å². The number of rotatable bonds is 7. The number of hydrogen-bond acceptors (Lipinski definition) is 5. The Bertz CT molecular complexity index is 345. The van der Waals surface area contributed by atoms with Gasteiger partial charge in [0.15, 0.2) is 0 Å². The summed E-state index contributed by atoms with van der Waals surface area (Å²) >= 11 is 0. The second-order valence-electron chi connectivity index (χ2n) is 4.75. The molecule has 0 amide bonds. The Balaban J connectivity index is 2.84. The van der Waals surface area contributed by atoms with Crippen LogP contribution in [0.15, 0.2) is 0 Å². The van der Waals surface area contributed by atoms with E-state index in [4.69, 9.17) is 4.74 Å². The number of ether oxygens (including phenoxy) is 2. The second-order valence-corrected chi connectivity index (χ2v) is 4.75. The minimum Gasteiger partial charge on any atom is -0.465 e. The molecule has 0 N–H and O–H groups in total. The van der Waals surface area contributed by atoms with Crippen molar-refractivity contribution in [2.24, 2.45) is 11.3 Å². The molecule has 5 heteroatoms. The van der Waals surface area contributed by atoms with Crippen molar-refractivity contribution < 1.29 is 23.9 Å². The van der Waals surface area contributed by atoms with Crippen molar-refractivity contribution >= 4 is 17.7 Å².